The molecule has 0 aliphatic carbocycles. The molecular weight excluding hydrogens is 148 g/mol. The summed E-state index contributed by atoms with van der Waals surface area (Å²) in [7, 11) is 0. The number of benzene rings is 1. The van der Waals surface area contributed by atoms with E-state index in [1.54, 1.807) is 0 Å². The Kier molecular flexibility index (Phi) is 2.75. The Morgan fingerprint density at radius 1 is 1.50 bits per heavy atom. The van der Waals surface area contributed by atoms with Gasteiger partial charge in [-0.1, -0.05) is 30.8 Å². The monoisotopic (exact) mass is 162 g/mol. The third-order valence-corrected chi connectivity index (χ3v) is 1.77. The van der Waals surface area contributed by atoms with E-state index < -0.39 is 0 Å². The molecule has 0 aliphatic heterocycles. The Morgan fingerprint density at radius 3 is 2.75 bits per heavy atom. The largest absolute Gasteiger partial charge is 0.386 e. The Morgan fingerprint density at radius 2 is 2.17 bits per heavy atom. The van der Waals surface area contributed by atoms with Crippen LogP contribution in [0.1, 0.15) is 11.1 Å². The molecule has 1 aromatic rings. The van der Waals surface area contributed by atoms with E-state index in [4.69, 9.17) is 5.73 Å². The van der Waals surface area contributed by atoms with E-state index in [1.807, 2.05) is 12.1 Å². The van der Waals surface area contributed by atoms with Gasteiger partial charge in [-0.15, -0.1) is 0 Å². The maximum Gasteiger partial charge on any atom is 0.0888 e. The number of rotatable bonds is 3. The van der Waals surface area contributed by atoms with Gasteiger partial charge in [0.25, 0.3) is 0 Å². The molecule has 64 valence electrons. The summed E-state index contributed by atoms with van der Waals surface area (Å²) in [6.45, 7) is 6.40. The molecule has 0 spiro atoms. The first kappa shape index (κ1) is 8.65. The molecule has 3 N–H and O–H groups in total. The van der Waals surface area contributed by atoms with Crippen molar-refractivity contribution in [1.29, 1.82) is 0 Å². The Bertz CT molecular complexity index is 279. The van der Waals surface area contributed by atoms with E-state index >= 15 is 0 Å². The fourth-order valence-electron chi connectivity index (χ4n) is 1.02. The van der Waals surface area contributed by atoms with Crippen molar-refractivity contribution < 1.29 is 0 Å². The normalized spacial score (nSPS) is 9.42. The summed E-state index contributed by atoms with van der Waals surface area (Å²) in [4.78, 5) is 0. The minimum atomic E-state index is 0.512. The van der Waals surface area contributed by atoms with E-state index in [-0.39, 0.29) is 0 Å². The van der Waals surface area contributed by atoms with Crippen LogP contribution in [0.25, 0.3) is 0 Å². The highest BCUT2D eigenvalue weighted by atomic mass is 15.0. The summed E-state index contributed by atoms with van der Waals surface area (Å²) in [5.74, 6) is 0.512. The van der Waals surface area contributed by atoms with E-state index in [9.17, 15) is 0 Å². The molecule has 0 heterocycles. The highest BCUT2D eigenvalue weighted by Crippen LogP contribution is 2.05. The van der Waals surface area contributed by atoms with Gasteiger partial charge in [-0.05, 0) is 18.1 Å². The third-order valence-electron chi connectivity index (χ3n) is 1.77. The summed E-state index contributed by atoms with van der Waals surface area (Å²) < 4.78 is 0. The van der Waals surface area contributed by atoms with Crippen LogP contribution in [0.2, 0.25) is 0 Å². The number of hydrogen-bond acceptors (Lipinski definition) is 2. The van der Waals surface area contributed by atoms with Crippen molar-refractivity contribution in [3.8, 4) is 0 Å². The molecule has 1 rings (SSSR count). The highest BCUT2D eigenvalue weighted by Gasteiger charge is 1.94. The maximum absolute atomic E-state index is 5.38. The van der Waals surface area contributed by atoms with Crippen molar-refractivity contribution >= 4 is 0 Å². The standard InChI is InChI=1S/C10H14N2/c1-8-5-3-4-6-10(8)7-12-9(2)11/h3-6,12H,2,7,11H2,1H3. The fraction of sp³-hybridized carbons (Fsp3) is 0.200. The Labute approximate surface area is 73.1 Å². The number of nitrogens with one attached hydrogen (secondary N) is 1. The third kappa shape index (κ3) is 2.31. The van der Waals surface area contributed by atoms with Crippen LogP contribution in [0.4, 0.5) is 0 Å². The molecule has 2 nitrogen and oxygen atoms in total. The molecule has 0 radical (unpaired) electrons. The second kappa shape index (κ2) is 3.81. The molecule has 0 saturated carbocycles. The summed E-state index contributed by atoms with van der Waals surface area (Å²) >= 11 is 0. The zero-order valence-corrected chi connectivity index (χ0v) is 7.30. The van der Waals surface area contributed by atoms with Crippen molar-refractivity contribution in [3.05, 3.63) is 47.8 Å². The molecule has 0 amide bonds. The van der Waals surface area contributed by atoms with Crippen LogP contribution in [-0.2, 0) is 6.54 Å². The first-order valence-corrected chi connectivity index (χ1v) is 3.93. The van der Waals surface area contributed by atoms with Gasteiger partial charge in [0.2, 0.25) is 0 Å². The van der Waals surface area contributed by atoms with Crippen molar-refractivity contribution in [2.75, 3.05) is 0 Å². The molecule has 0 aliphatic rings. The first-order valence-electron chi connectivity index (χ1n) is 3.93. The second-order valence-corrected chi connectivity index (χ2v) is 2.81. The average molecular weight is 162 g/mol. The molecule has 2 heteroatoms. The van der Waals surface area contributed by atoms with Gasteiger partial charge in [-0.2, -0.15) is 0 Å². The van der Waals surface area contributed by atoms with Gasteiger partial charge in [0.15, 0.2) is 0 Å². The summed E-state index contributed by atoms with van der Waals surface area (Å²) in [5.41, 5.74) is 7.91. The van der Waals surface area contributed by atoms with Crippen LogP contribution in [0.5, 0.6) is 0 Å². The van der Waals surface area contributed by atoms with Gasteiger partial charge in [0.05, 0.1) is 5.82 Å². The highest BCUT2D eigenvalue weighted by molar-refractivity contribution is 5.25. The Balaban J connectivity index is 2.63. The zero-order valence-electron chi connectivity index (χ0n) is 7.30. The lowest BCUT2D eigenvalue weighted by Gasteiger charge is -2.07. The molecule has 0 saturated heterocycles. The van der Waals surface area contributed by atoms with Crippen LogP contribution in [0.3, 0.4) is 0 Å². The van der Waals surface area contributed by atoms with Crippen molar-refractivity contribution in [3.63, 3.8) is 0 Å². The van der Waals surface area contributed by atoms with Crippen molar-refractivity contribution in [2.45, 2.75) is 13.5 Å². The molecule has 0 aromatic heterocycles. The van der Waals surface area contributed by atoms with Gasteiger partial charge in [-0.3, -0.25) is 0 Å². The molecule has 1 aromatic carbocycles. The second-order valence-electron chi connectivity index (χ2n) is 2.81. The Hall–Kier alpha value is -1.44. The molecule has 0 atom stereocenters. The smallest absolute Gasteiger partial charge is 0.0888 e. The lowest BCUT2D eigenvalue weighted by atomic mass is 10.1. The zero-order chi connectivity index (χ0) is 8.97. The van der Waals surface area contributed by atoms with Crippen molar-refractivity contribution in [2.24, 2.45) is 5.73 Å². The number of nitrogens with two attached hydrogens (primary N) is 1. The molecule has 0 unspecified atom stereocenters. The van der Waals surface area contributed by atoms with Gasteiger partial charge in [0, 0.05) is 6.54 Å². The summed E-state index contributed by atoms with van der Waals surface area (Å²) in [6, 6.07) is 8.20. The summed E-state index contributed by atoms with van der Waals surface area (Å²) in [6.07, 6.45) is 0. The predicted octanol–water partition coefficient (Wildman–Crippen LogP) is 1.51. The first-order chi connectivity index (χ1) is 5.70. The van der Waals surface area contributed by atoms with Gasteiger partial charge >= 0.3 is 0 Å². The SMILES string of the molecule is C=C(N)NCc1ccccc1C. The molecule has 0 bridgehead atoms. The molecule has 12 heavy (non-hydrogen) atoms. The van der Waals surface area contributed by atoms with E-state index in [0.717, 1.165) is 6.54 Å². The molecule has 0 fully saturated rings. The van der Waals surface area contributed by atoms with E-state index in [2.05, 4.69) is 31.0 Å². The van der Waals surface area contributed by atoms with Crippen LogP contribution in [0, 0.1) is 6.92 Å². The van der Waals surface area contributed by atoms with Gasteiger partial charge in [0.1, 0.15) is 0 Å². The van der Waals surface area contributed by atoms with Gasteiger partial charge < -0.3 is 11.1 Å². The summed E-state index contributed by atoms with van der Waals surface area (Å²) in [5, 5.41) is 2.99. The minimum absolute atomic E-state index is 0.512. The number of aryl methyl sites for hydroxylation is 1. The topological polar surface area (TPSA) is 38.0 Å². The van der Waals surface area contributed by atoms with Crippen molar-refractivity contribution in [1.82, 2.24) is 5.32 Å². The average Bonchev–Trinajstić information content (AvgIpc) is 2.03. The maximum atomic E-state index is 5.38. The van der Waals surface area contributed by atoms with E-state index in [1.165, 1.54) is 11.1 Å². The van der Waals surface area contributed by atoms with Crippen LogP contribution < -0.4 is 11.1 Å². The molecular formula is C10H14N2. The minimum Gasteiger partial charge on any atom is -0.386 e. The van der Waals surface area contributed by atoms with E-state index in [0.29, 0.717) is 5.82 Å². The van der Waals surface area contributed by atoms with Crippen LogP contribution in [0.15, 0.2) is 36.7 Å². The van der Waals surface area contributed by atoms with Gasteiger partial charge in [-0.25, -0.2) is 0 Å². The quantitative estimate of drug-likeness (QED) is 0.707. The lowest BCUT2D eigenvalue weighted by molar-refractivity contribution is 0.799. The fourth-order valence-corrected chi connectivity index (χ4v) is 1.02. The number of hydrogen-bond donors (Lipinski definition) is 2. The predicted molar refractivity (Wildman–Crippen MR) is 51.3 cm³/mol. The van der Waals surface area contributed by atoms with Crippen LogP contribution in [-0.4, -0.2) is 0 Å². The van der Waals surface area contributed by atoms with Crippen LogP contribution >= 0.6 is 0 Å². The lowest BCUT2D eigenvalue weighted by Crippen LogP contribution is -2.18.